The fraction of sp³-hybridized carbons (Fsp3) is 0.300. The third-order valence-electron chi connectivity index (χ3n) is 4.69. The lowest BCUT2D eigenvalue weighted by atomic mass is 9.76. The standard InChI is InChI=1S/C20H22O4S/c1-15-7-9-18(10-8-15)25(23,24)14-20(22)12-11-17(21)13-19(20)16-5-3-2-4-6-16/h2-12,17,19,21-22H,13-14H2,1H3/t17-,19-,20+/m1/s1. The number of hydrogen-bond acceptors (Lipinski definition) is 4. The third kappa shape index (κ3) is 3.84. The summed E-state index contributed by atoms with van der Waals surface area (Å²) in [7, 11) is -3.68. The van der Waals surface area contributed by atoms with Crippen LogP contribution in [0.5, 0.6) is 0 Å². The van der Waals surface area contributed by atoms with Crippen LogP contribution in [0.1, 0.15) is 23.5 Å². The highest BCUT2D eigenvalue weighted by atomic mass is 32.2. The van der Waals surface area contributed by atoms with Gasteiger partial charge in [-0.15, -0.1) is 0 Å². The number of rotatable bonds is 4. The first-order valence-corrected chi connectivity index (χ1v) is 9.89. The second-order valence-corrected chi connectivity index (χ2v) is 8.68. The van der Waals surface area contributed by atoms with Gasteiger partial charge >= 0.3 is 0 Å². The Morgan fingerprint density at radius 3 is 2.36 bits per heavy atom. The van der Waals surface area contributed by atoms with Crippen LogP contribution >= 0.6 is 0 Å². The van der Waals surface area contributed by atoms with Crippen LogP contribution in [0.15, 0.2) is 71.6 Å². The summed E-state index contributed by atoms with van der Waals surface area (Å²) < 4.78 is 25.6. The Labute approximate surface area is 148 Å². The van der Waals surface area contributed by atoms with Crippen molar-refractivity contribution in [3.8, 4) is 0 Å². The van der Waals surface area contributed by atoms with E-state index in [9.17, 15) is 18.6 Å². The lowest BCUT2D eigenvalue weighted by molar-refractivity contribution is 0.0489. The Bertz CT molecular complexity index is 856. The number of aryl methyl sites for hydroxylation is 1. The molecule has 0 fully saturated rings. The number of hydrogen-bond donors (Lipinski definition) is 2. The molecule has 25 heavy (non-hydrogen) atoms. The van der Waals surface area contributed by atoms with E-state index in [2.05, 4.69) is 0 Å². The van der Waals surface area contributed by atoms with E-state index in [0.717, 1.165) is 11.1 Å². The van der Waals surface area contributed by atoms with Crippen LogP contribution in [0, 0.1) is 6.92 Å². The van der Waals surface area contributed by atoms with E-state index in [1.54, 1.807) is 24.3 Å². The van der Waals surface area contributed by atoms with Crippen molar-refractivity contribution < 1.29 is 18.6 Å². The quantitative estimate of drug-likeness (QED) is 0.824. The molecule has 3 rings (SSSR count). The van der Waals surface area contributed by atoms with Gasteiger partial charge < -0.3 is 10.2 Å². The van der Waals surface area contributed by atoms with Gasteiger partial charge in [0.1, 0.15) is 5.60 Å². The van der Waals surface area contributed by atoms with Crippen molar-refractivity contribution in [3.63, 3.8) is 0 Å². The summed E-state index contributed by atoms with van der Waals surface area (Å²) in [6.45, 7) is 1.89. The predicted molar refractivity (Wildman–Crippen MR) is 97.1 cm³/mol. The van der Waals surface area contributed by atoms with E-state index in [1.807, 2.05) is 37.3 Å². The van der Waals surface area contributed by atoms with E-state index >= 15 is 0 Å². The average molecular weight is 358 g/mol. The molecule has 4 nitrogen and oxygen atoms in total. The summed E-state index contributed by atoms with van der Waals surface area (Å²) in [6, 6.07) is 15.8. The van der Waals surface area contributed by atoms with Gasteiger partial charge in [0.2, 0.25) is 0 Å². The smallest absolute Gasteiger partial charge is 0.181 e. The van der Waals surface area contributed by atoms with Gasteiger partial charge in [-0.3, -0.25) is 0 Å². The van der Waals surface area contributed by atoms with Crippen LogP contribution in [0.25, 0.3) is 0 Å². The largest absolute Gasteiger partial charge is 0.389 e. The monoisotopic (exact) mass is 358 g/mol. The van der Waals surface area contributed by atoms with Gasteiger partial charge in [0.25, 0.3) is 0 Å². The minimum absolute atomic E-state index is 0.192. The highest BCUT2D eigenvalue weighted by Gasteiger charge is 2.43. The van der Waals surface area contributed by atoms with Crippen LogP contribution in [0.2, 0.25) is 0 Å². The maximum atomic E-state index is 12.8. The molecular weight excluding hydrogens is 336 g/mol. The lowest BCUT2D eigenvalue weighted by Crippen LogP contribution is -2.45. The van der Waals surface area contributed by atoms with Gasteiger partial charge in [0.05, 0.1) is 16.8 Å². The zero-order valence-corrected chi connectivity index (χ0v) is 14.9. The molecule has 1 aliphatic carbocycles. The van der Waals surface area contributed by atoms with Crippen LogP contribution in [0.4, 0.5) is 0 Å². The van der Waals surface area contributed by atoms with Crippen molar-refractivity contribution in [2.45, 2.75) is 35.9 Å². The topological polar surface area (TPSA) is 74.6 Å². The molecule has 0 aromatic heterocycles. The van der Waals surface area contributed by atoms with E-state index < -0.39 is 33.2 Å². The summed E-state index contributed by atoms with van der Waals surface area (Å²) in [5, 5.41) is 21.1. The molecule has 132 valence electrons. The van der Waals surface area contributed by atoms with Crippen molar-refractivity contribution in [2.24, 2.45) is 0 Å². The summed E-state index contributed by atoms with van der Waals surface area (Å²) in [5.41, 5.74) is 0.220. The van der Waals surface area contributed by atoms with Crippen molar-refractivity contribution in [1.82, 2.24) is 0 Å². The minimum Gasteiger partial charge on any atom is -0.389 e. The SMILES string of the molecule is Cc1ccc(S(=O)(=O)C[C@@]2(O)C=C[C@@H](O)C[C@@H]2c2ccccc2)cc1. The Morgan fingerprint density at radius 1 is 1.08 bits per heavy atom. The molecule has 2 aromatic rings. The Kier molecular flexibility index (Phi) is 4.82. The summed E-state index contributed by atoms with van der Waals surface area (Å²) in [6.07, 6.45) is 2.49. The molecule has 5 heteroatoms. The molecule has 2 N–H and O–H groups in total. The molecule has 0 radical (unpaired) electrons. The molecule has 3 atom stereocenters. The molecule has 0 saturated heterocycles. The molecule has 0 saturated carbocycles. The lowest BCUT2D eigenvalue weighted by Gasteiger charge is -2.38. The number of sulfone groups is 1. The first-order chi connectivity index (χ1) is 11.8. The minimum atomic E-state index is -3.68. The van der Waals surface area contributed by atoms with Gasteiger partial charge in [-0.25, -0.2) is 8.42 Å². The van der Waals surface area contributed by atoms with E-state index in [-0.39, 0.29) is 11.3 Å². The first kappa shape index (κ1) is 17.9. The fourth-order valence-corrected chi connectivity index (χ4v) is 4.93. The summed E-state index contributed by atoms with van der Waals surface area (Å²) >= 11 is 0. The second kappa shape index (κ2) is 6.75. The third-order valence-corrected chi connectivity index (χ3v) is 6.52. The Balaban J connectivity index is 1.97. The van der Waals surface area contributed by atoms with Gasteiger partial charge in [-0.05, 0) is 31.0 Å². The van der Waals surface area contributed by atoms with Gasteiger partial charge in [0.15, 0.2) is 9.84 Å². The Morgan fingerprint density at radius 2 is 1.72 bits per heavy atom. The predicted octanol–water partition coefficient (Wildman–Crippen LogP) is 2.60. The zero-order valence-electron chi connectivity index (χ0n) is 14.0. The second-order valence-electron chi connectivity index (χ2n) is 6.69. The molecule has 0 amide bonds. The zero-order chi connectivity index (χ0) is 18.1. The number of benzene rings is 2. The van der Waals surface area contributed by atoms with Crippen molar-refractivity contribution >= 4 is 9.84 Å². The fourth-order valence-electron chi connectivity index (χ4n) is 3.31. The van der Waals surface area contributed by atoms with Crippen LogP contribution < -0.4 is 0 Å². The van der Waals surface area contributed by atoms with Gasteiger partial charge in [-0.2, -0.15) is 0 Å². The normalized spacial score (nSPS) is 26.5. The molecule has 0 aliphatic heterocycles. The molecule has 0 heterocycles. The van der Waals surface area contributed by atoms with Gasteiger partial charge in [0, 0.05) is 5.92 Å². The Hall–Kier alpha value is -1.95. The summed E-state index contributed by atoms with van der Waals surface area (Å²) in [4.78, 5) is 0.192. The van der Waals surface area contributed by atoms with Crippen molar-refractivity contribution in [3.05, 3.63) is 77.9 Å². The molecule has 2 aromatic carbocycles. The number of aliphatic hydroxyl groups is 2. The highest BCUT2D eigenvalue weighted by Crippen LogP contribution is 2.39. The summed E-state index contributed by atoms with van der Waals surface area (Å²) in [5.74, 6) is -0.916. The highest BCUT2D eigenvalue weighted by molar-refractivity contribution is 7.91. The van der Waals surface area contributed by atoms with Crippen LogP contribution in [-0.2, 0) is 9.84 Å². The van der Waals surface area contributed by atoms with Crippen molar-refractivity contribution in [1.29, 1.82) is 0 Å². The molecule has 0 bridgehead atoms. The average Bonchev–Trinajstić information content (AvgIpc) is 2.58. The maximum Gasteiger partial charge on any atom is 0.181 e. The number of aliphatic hydroxyl groups excluding tert-OH is 1. The first-order valence-electron chi connectivity index (χ1n) is 8.24. The molecule has 0 spiro atoms. The van der Waals surface area contributed by atoms with Crippen molar-refractivity contribution in [2.75, 3.05) is 5.75 Å². The van der Waals surface area contributed by atoms with E-state index in [4.69, 9.17) is 0 Å². The maximum absolute atomic E-state index is 12.8. The van der Waals surface area contributed by atoms with Crippen LogP contribution in [0.3, 0.4) is 0 Å². The van der Waals surface area contributed by atoms with Gasteiger partial charge in [-0.1, -0.05) is 60.2 Å². The van der Waals surface area contributed by atoms with E-state index in [1.165, 1.54) is 12.2 Å². The molecule has 0 unspecified atom stereocenters. The molecular formula is C20H22O4S. The van der Waals surface area contributed by atoms with Crippen LogP contribution in [-0.4, -0.2) is 36.1 Å². The molecule has 1 aliphatic rings. The van der Waals surface area contributed by atoms with E-state index in [0.29, 0.717) is 0 Å².